The molecule has 3 N–H and O–H groups in total. The van der Waals surface area contributed by atoms with Crippen LogP contribution in [-0.2, 0) is 9.59 Å². The van der Waals surface area contributed by atoms with Crippen LogP contribution in [0.1, 0.15) is 20.3 Å². The predicted molar refractivity (Wildman–Crippen MR) is 58.5 cm³/mol. The minimum atomic E-state index is -0.930. The summed E-state index contributed by atoms with van der Waals surface area (Å²) >= 11 is 11.5. The summed E-state index contributed by atoms with van der Waals surface area (Å²) in [7, 11) is 0. The summed E-state index contributed by atoms with van der Waals surface area (Å²) in [4.78, 5) is 22.4. The third-order valence-electron chi connectivity index (χ3n) is 2.51. The Morgan fingerprint density at radius 3 is 2.33 bits per heavy atom. The fourth-order valence-electron chi connectivity index (χ4n) is 1.02. The predicted octanol–water partition coefficient (Wildman–Crippen LogP) is 0.808. The van der Waals surface area contributed by atoms with Crippen LogP contribution in [-0.4, -0.2) is 22.7 Å². The number of halogens is 2. The summed E-state index contributed by atoms with van der Waals surface area (Å²) in [5.41, 5.74) is 4.40. The van der Waals surface area contributed by atoms with Crippen LogP contribution in [0.2, 0.25) is 0 Å². The number of rotatable bonds is 4. The third-order valence-corrected chi connectivity index (χ3v) is 3.35. The summed E-state index contributed by atoms with van der Waals surface area (Å²) < 4.78 is -0.930. The van der Waals surface area contributed by atoms with Gasteiger partial charge in [0.2, 0.25) is 11.8 Å². The molecule has 0 spiro atoms. The molecule has 1 atom stereocenters. The normalized spacial score (nSPS) is 23.3. The molecule has 0 aliphatic heterocycles. The minimum Gasteiger partial charge on any atom is -0.369 e. The van der Waals surface area contributed by atoms with Crippen molar-refractivity contribution in [1.29, 1.82) is 0 Å². The van der Waals surface area contributed by atoms with Gasteiger partial charge in [-0.1, -0.05) is 0 Å². The largest absolute Gasteiger partial charge is 0.369 e. The molecule has 4 nitrogen and oxygen atoms in total. The molecule has 2 amide bonds. The summed E-state index contributed by atoms with van der Waals surface area (Å²) in [5, 5.41) is 2.61. The van der Waals surface area contributed by atoms with E-state index in [2.05, 4.69) is 5.32 Å². The van der Waals surface area contributed by atoms with Gasteiger partial charge in [-0.2, -0.15) is 0 Å². The number of hydrogen-bond donors (Lipinski definition) is 2. The number of nitrogens with one attached hydrogen (secondary N) is 1. The maximum atomic E-state index is 11.5. The van der Waals surface area contributed by atoms with E-state index in [0.717, 1.165) is 0 Å². The van der Waals surface area contributed by atoms with Crippen LogP contribution in [0.15, 0.2) is 0 Å². The molecular formula is C9H14Cl2N2O2. The van der Waals surface area contributed by atoms with E-state index in [0.29, 0.717) is 6.42 Å². The Labute approximate surface area is 98.5 Å². The van der Waals surface area contributed by atoms with Crippen molar-refractivity contribution in [3.63, 3.8) is 0 Å². The first kappa shape index (κ1) is 12.6. The lowest BCUT2D eigenvalue weighted by Crippen LogP contribution is -2.43. The quantitative estimate of drug-likeness (QED) is 0.727. The second-order valence-electron chi connectivity index (χ2n) is 4.48. The lowest BCUT2D eigenvalue weighted by molar-refractivity contribution is -0.127. The molecular weight excluding hydrogens is 239 g/mol. The third kappa shape index (κ3) is 2.98. The van der Waals surface area contributed by atoms with Crippen molar-refractivity contribution < 1.29 is 9.59 Å². The number of nitrogens with two attached hydrogens (primary N) is 1. The molecule has 0 aromatic rings. The van der Waals surface area contributed by atoms with E-state index in [9.17, 15) is 9.59 Å². The van der Waals surface area contributed by atoms with Crippen LogP contribution in [0.5, 0.6) is 0 Å². The van der Waals surface area contributed by atoms with E-state index >= 15 is 0 Å². The van der Waals surface area contributed by atoms with Crippen LogP contribution in [0.25, 0.3) is 0 Å². The molecule has 1 unspecified atom stereocenters. The summed E-state index contributed by atoms with van der Waals surface area (Å²) in [5.74, 6) is -1.06. The van der Waals surface area contributed by atoms with E-state index in [4.69, 9.17) is 28.9 Å². The highest BCUT2D eigenvalue weighted by Crippen LogP contribution is 2.53. The van der Waals surface area contributed by atoms with Crippen molar-refractivity contribution in [3.05, 3.63) is 0 Å². The molecule has 0 radical (unpaired) electrons. The van der Waals surface area contributed by atoms with Gasteiger partial charge in [0.05, 0.1) is 11.3 Å². The van der Waals surface area contributed by atoms with Crippen molar-refractivity contribution in [2.24, 2.45) is 17.1 Å². The smallest absolute Gasteiger partial charge is 0.226 e. The van der Waals surface area contributed by atoms with Crippen molar-refractivity contribution in [3.8, 4) is 0 Å². The van der Waals surface area contributed by atoms with Gasteiger partial charge in [-0.15, -0.1) is 23.2 Å². The van der Waals surface area contributed by atoms with E-state index in [1.807, 2.05) is 0 Å². The number of carbonyl (C=O) groups is 2. The number of alkyl halides is 2. The Bertz CT molecular complexity index is 302. The molecule has 0 bridgehead atoms. The van der Waals surface area contributed by atoms with Crippen LogP contribution in [0.3, 0.4) is 0 Å². The van der Waals surface area contributed by atoms with Crippen LogP contribution in [0.4, 0.5) is 0 Å². The zero-order valence-electron chi connectivity index (χ0n) is 8.64. The molecule has 1 fully saturated rings. The summed E-state index contributed by atoms with van der Waals surface area (Å²) in [6, 6.07) is 0. The maximum absolute atomic E-state index is 11.5. The molecule has 0 saturated heterocycles. The Morgan fingerprint density at radius 2 is 2.00 bits per heavy atom. The first-order valence-corrected chi connectivity index (χ1v) is 5.38. The number of carbonyl (C=O) groups excluding carboxylic acids is 2. The molecule has 1 aliphatic rings. The van der Waals surface area contributed by atoms with E-state index < -0.39 is 15.7 Å². The van der Waals surface area contributed by atoms with E-state index in [1.165, 1.54) is 0 Å². The highest BCUT2D eigenvalue weighted by Gasteiger charge is 2.56. The molecule has 0 aromatic heterocycles. The summed E-state index contributed by atoms with van der Waals surface area (Å²) in [6.07, 6.45) is 0.457. The van der Waals surface area contributed by atoms with Gasteiger partial charge >= 0.3 is 0 Å². The number of amides is 2. The molecule has 1 saturated carbocycles. The summed E-state index contributed by atoms with van der Waals surface area (Å²) in [6.45, 7) is 3.52. The zero-order valence-corrected chi connectivity index (χ0v) is 10.2. The molecule has 1 rings (SSSR count). The topological polar surface area (TPSA) is 72.2 Å². The average Bonchev–Trinajstić information content (AvgIpc) is 2.71. The molecule has 0 aromatic carbocycles. The number of hydrogen-bond acceptors (Lipinski definition) is 2. The van der Waals surface area contributed by atoms with Crippen LogP contribution < -0.4 is 11.1 Å². The van der Waals surface area contributed by atoms with Crippen LogP contribution in [0, 0.1) is 11.3 Å². The lowest BCUT2D eigenvalue weighted by atomic mass is 9.93. The van der Waals surface area contributed by atoms with Gasteiger partial charge in [0, 0.05) is 6.54 Å². The molecule has 15 heavy (non-hydrogen) atoms. The van der Waals surface area contributed by atoms with Gasteiger partial charge in [-0.3, -0.25) is 9.59 Å². The van der Waals surface area contributed by atoms with Crippen LogP contribution >= 0.6 is 23.2 Å². The molecule has 6 heteroatoms. The fraction of sp³-hybridized carbons (Fsp3) is 0.778. The SMILES string of the molecule is CC(C)(CNC(=O)C1CC1(Cl)Cl)C(N)=O. The Kier molecular flexibility index (Phi) is 3.22. The fourth-order valence-corrected chi connectivity index (χ4v) is 1.52. The first-order chi connectivity index (χ1) is 6.67. The van der Waals surface area contributed by atoms with Gasteiger partial charge in [0.1, 0.15) is 4.33 Å². The number of primary amides is 1. The van der Waals surface area contributed by atoms with Gasteiger partial charge in [-0.25, -0.2) is 0 Å². The average molecular weight is 253 g/mol. The van der Waals surface area contributed by atoms with Gasteiger partial charge < -0.3 is 11.1 Å². The van der Waals surface area contributed by atoms with Crippen molar-refractivity contribution in [2.75, 3.05) is 6.54 Å². The Hall–Kier alpha value is -0.480. The van der Waals surface area contributed by atoms with E-state index in [1.54, 1.807) is 13.8 Å². The molecule has 86 valence electrons. The van der Waals surface area contributed by atoms with Gasteiger partial charge in [0.15, 0.2) is 0 Å². The second-order valence-corrected chi connectivity index (χ2v) is 6.03. The maximum Gasteiger partial charge on any atom is 0.226 e. The van der Waals surface area contributed by atoms with Crippen molar-refractivity contribution >= 4 is 35.0 Å². The van der Waals surface area contributed by atoms with Gasteiger partial charge in [0.25, 0.3) is 0 Å². The standard InChI is InChI=1S/C9H14Cl2N2O2/c1-8(2,7(12)15)4-13-6(14)5-3-9(5,10)11/h5H,3-4H2,1-2H3,(H2,12,15)(H,13,14). The molecule has 0 heterocycles. The van der Waals surface area contributed by atoms with Crippen molar-refractivity contribution in [2.45, 2.75) is 24.6 Å². The monoisotopic (exact) mass is 252 g/mol. The molecule has 1 aliphatic carbocycles. The minimum absolute atomic E-state index is 0.196. The van der Waals surface area contributed by atoms with Crippen molar-refractivity contribution in [1.82, 2.24) is 5.32 Å². The zero-order chi connectivity index (χ0) is 11.9. The second kappa shape index (κ2) is 3.83. The highest BCUT2D eigenvalue weighted by atomic mass is 35.5. The first-order valence-electron chi connectivity index (χ1n) is 4.62. The highest BCUT2D eigenvalue weighted by molar-refractivity contribution is 6.52. The lowest BCUT2D eigenvalue weighted by Gasteiger charge is -2.20. The van der Waals surface area contributed by atoms with E-state index in [-0.39, 0.29) is 18.4 Å². The Morgan fingerprint density at radius 1 is 1.53 bits per heavy atom. The van der Waals surface area contributed by atoms with Gasteiger partial charge in [-0.05, 0) is 20.3 Å². The Balaban J connectivity index is 2.39.